The van der Waals surface area contributed by atoms with E-state index in [1.165, 1.54) is 12.1 Å². The quantitative estimate of drug-likeness (QED) is 0.685. The molecule has 22 heavy (non-hydrogen) atoms. The molecule has 0 aliphatic rings. The van der Waals surface area contributed by atoms with E-state index in [9.17, 15) is 13.2 Å². The number of halogens is 3. The predicted molar refractivity (Wildman–Crippen MR) is 83.8 cm³/mol. The monoisotopic (exact) mass is 307 g/mol. The van der Waals surface area contributed by atoms with E-state index < -0.39 is 11.7 Å². The normalized spacial score (nSPS) is 12.9. The van der Waals surface area contributed by atoms with Crippen molar-refractivity contribution in [3.63, 3.8) is 0 Å². The summed E-state index contributed by atoms with van der Waals surface area (Å²) in [5.41, 5.74) is 1.23. The van der Waals surface area contributed by atoms with Gasteiger partial charge in [-0.15, -0.1) is 0 Å². The van der Waals surface area contributed by atoms with Crippen LogP contribution in [0.15, 0.2) is 54.6 Å². The van der Waals surface area contributed by atoms with Gasteiger partial charge in [0.25, 0.3) is 0 Å². The Morgan fingerprint density at radius 2 is 1.59 bits per heavy atom. The molecule has 0 spiro atoms. The van der Waals surface area contributed by atoms with Gasteiger partial charge in [-0.25, -0.2) is 0 Å². The minimum absolute atomic E-state index is 0.109. The highest BCUT2D eigenvalue weighted by molar-refractivity contribution is 5.47. The molecule has 1 atom stereocenters. The fourth-order valence-corrected chi connectivity index (χ4v) is 2.37. The number of hydrogen-bond donors (Lipinski definition) is 1. The van der Waals surface area contributed by atoms with Crippen molar-refractivity contribution in [3.8, 4) is 0 Å². The Hall–Kier alpha value is -1.97. The van der Waals surface area contributed by atoms with Crippen LogP contribution in [-0.4, -0.2) is 0 Å². The van der Waals surface area contributed by atoms with Crippen LogP contribution in [0, 0.1) is 0 Å². The first-order valence-corrected chi connectivity index (χ1v) is 7.49. The van der Waals surface area contributed by atoms with Crippen molar-refractivity contribution in [3.05, 3.63) is 65.7 Å². The van der Waals surface area contributed by atoms with Gasteiger partial charge in [0.05, 0.1) is 11.6 Å². The molecule has 1 N–H and O–H groups in total. The highest BCUT2D eigenvalue weighted by Crippen LogP contribution is 2.31. The van der Waals surface area contributed by atoms with Crippen LogP contribution in [-0.2, 0) is 6.18 Å². The maximum Gasteiger partial charge on any atom is 0.416 e. The van der Waals surface area contributed by atoms with Gasteiger partial charge in [-0.2, -0.15) is 13.2 Å². The lowest BCUT2D eigenvalue weighted by Gasteiger charge is -2.20. The second kappa shape index (κ2) is 7.34. The van der Waals surface area contributed by atoms with Gasteiger partial charge in [-0.05, 0) is 36.2 Å². The Bertz CT molecular complexity index is 561. The molecule has 2 rings (SSSR count). The second-order valence-corrected chi connectivity index (χ2v) is 5.32. The summed E-state index contributed by atoms with van der Waals surface area (Å²) in [5, 5.41) is 3.34. The fourth-order valence-electron chi connectivity index (χ4n) is 2.37. The first-order valence-electron chi connectivity index (χ1n) is 7.49. The summed E-state index contributed by atoms with van der Waals surface area (Å²) in [5.74, 6) is 0. The minimum atomic E-state index is -4.29. The molecule has 0 radical (unpaired) electrons. The van der Waals surface area contributed by atoms with Gasteiger partial charge in [0, 0.05) is 5.69 Å². The summed E-state index contributed by atoms with van der Waals surface area (Å²) in [7, 11) is 0. The Morgan fingerprint density at radius 3 is 2.14 bits per heavy atom. The Morgan fingerprint density at radius 1 is 0.955 bits per heavy atom. The summed E-state index contributed by atoms with van der Waals surface area (Å²) < 4.78 is 37.8. The molecule has 1 nitrogen and oxygen atoms in total. The van der Waals surface area contributed by atoms with Gasteiger partial charge in [0.1, 0.15) is 0 Å². The Balaban J connectivity index is 2.13. The topological polar surface area (TPSA) is 12.0 Å². The van der Waals surface area contributed by atoms with E-state index in [1.807, 2.05) is 30.3 Å². The van der Waals surface area contributed by atoms with Crippen molar-refractivity contribution in [1.29, 1.82) is 0 Å². The molecule has 0 saturated carbocycles. The molecule has 0 amide bonds. The Labute approximate surface area is 129 Å². The van der Waals surface area contributed by atoms with E-state index in [1.54, 1.807) is 0 Å². The van der Waals surface area contributed by atoms with Crippen LogP contribution in [0.2, 0.25) is 0 Å². The number of anilines is 1. The lowest BCUT2D eigenvalue weighted by molar-refractivity contribution is -0.137. The van der Waals surface area contributed by atoms with E-state index >= 15 is 0 Å². The molecule has 0 aliphatic carbocycles. The molecule has 0 fully saturated rings. The van der Waals surface area contributed by atoms with E-state index in [-0.39, 0.29) is 6.04 Å². The third-order valence-electron chi connectivity index (χ3n) is 3.60. The van der Waals surface area contributed by atoms with E-state index in [4.69, 9.17) is 0 Å². The SMILES string of the molecule is CCCCC(Nc1ccc(C(F)(F)F)cc1)c1ccccc1. The molecule has 0 heterocycles. The average Bonchev–Trinajstić information content (AvgIpc) is 2.52. The number of hydrogen-bond acceptors (Lipinski definition) is 1. The molecule has 2 aromatic carbocycles. The lowest BCUT2D eigenvalue weighted by Crippen LogP contribution is -2.11. The van der Waals surface area contributed by atoms with Crippen molar-refractivity contribution in [2.75, 3.05) is 5.32 Å². The smallest absolute Gasteiger partial charge is 0.378 e. The van der Waals surface area contributed by atoms with Crippen LogP contribution in [0.4, 0.5) is 18.9 Å². The first kappa shape index (κ1) is 16.4. The number of benzene rings is 2. The Kier molecular flexibility index (Phi) is 5.47. The summed E-state index contributed by atoms with van der Waals surface area (Å²) in [6, 6.07) is 15.3. The highest BCUT2D eigenvalue weighted by Gasteiger charge is 2.30. The fraction of sp³-hybridized carbons (Fsp3) is 0.333. The predicted octanol–water partition coefficient (Wildman–Crippen LogP) is 6.05. The molecule has 118 valence electrons. The number of alkyl halides is 3. The van der Waals surface area contributed by atoms with E-state index in [2.05, 4.69) is 12.2 Å². The van der Waals surface area contributed by atoms with Crippen LogP contribution in [0.25, 0.3) is 0 Å². The lowest BCUT2D eigenvalue weighted by atomic mass is 10.0. The average molecular weight is 307 g/mol. The van der Waals surface area contributed by atoms with Gasteiger partial charge in [-0.3, -0.25) is 0 Å². The number of nitrogens with one attached hydrogen (secondary N) is 1. The number of rotatable bonds is 6. The second-order valence-electron chi connectivity index (χ2n) is 5.32. The third-order valence-corrected chi connectivity index (χ3v) is 3.60. The summed E-state index contributed by atoms with van der Waals surface area (Å²) in [6.45, 7) is 2.13. The summed E-state index contributed by atoms with van der Waals surface area (Å²) in [6.07, 6.45) is -1.20. The third kappa shape index (κ3) is 4.52. The maximum absolute atomic E-state index is 12.6. The van der Waals surface area contributed by atoms with E-state index in [0.29, 0.717) is 5.69 Å². The largest absolute Gasteiger partial charge is 0.416 e. The van der Waals surface area contributed by atoms with Gasteiger partial charge < -0.3 is 5.32 Å². The van der Waals surface area contributed by atoms with Crippen LogP contribution >= 0.6 is 0 Å². The van der Waals surface area contributed by atoms with Crippen LogP contribution in [0.5, 0.6) is 0 Å². The molecular weight excluding hydrogens is 287 g/mol. The van der Waals surface area contributed by atoms with Crippen LogP contribution in [0.3, 0.4) is 0 Å². The van der Waals surface area contributed by atoms with Crippen molar-refractivity contribution in [1.82, 2.24) is 0 Å². The molecule has 2 aromatic rings. The standard InChI is InChI=1S/C18H20F3N/c1-2-3-9-17(14-7-5-4-6-8-14)22-16-12-10-15(11-13-16)18(19,20)21/h4-8,10-13,17,22H,2-3,9H2,1H3. The summed E-state index contributed by atoms with van der Waals surface area (Å²) >= 11 is 0. The maximum atomic E-state index is 12.6. The molecule has 4 heteroatoms. The van der Waals surface area contributed by atoms with Gasteiger partial charge in [0.2, 0.25) is 0 Å². The van der Waals surface area contributed by atoms with E-state index in [0.717, 1.165) is 37.0 Å². The zero-order chi connectivity index (χ0) is 16.0. The first-order chi connectivity index (χ1) is 10.5. The zero-order valence-corrected chi connectivity index (χ0v) is 12.5. The van der Waals surface area contributed by atoms with Gasteiger partial charge >= 0.3 is 6.18 Å². The van der Waals surface area contributed by atoms with Gasteiger partial charge in [0.15, 0.2) is 0 Å². The molecule has 1 unspecified atom stereocenters. The molecule has 0 bridgehead atoms. The molecule has 0 aliphatic heterocycles. The van der Waals surface area contributed by atoms with Crippen LogP contribution in [0.1, 0.15) is 43.4 Å². The summed E-state index contributed by atoms with van der Waals surface area (Å²) in [4.78, 5) is 0. The minimum Gasteiger partial charge on any atom is -0.378 e. The zero-order valence-electron chi connectivity index (χ0n) is 12.5. The molecule has 0 saturated heterocycles. The van der Waals surface area contributed by atoms with Gasteiger partial charge in [-0.1, -0.05) is 50.1 Å². The van der Waals surface area contributed by atoms with Crippen molar-refractivity contribution in [2.45, 2.75) is 38.4 Å². The molecule has 0 aromatic heterocycles. The van der Waals surface area contributed by atoms with Crippen molar-refractivity contribution in [2.24, 2.45) is 0 Å². The van der Waals surface area contributed by atoms with Crippen molar-refractivity contribution < 1.29 is 13.2 Å². The highest BCUT2D eigenvalue weighted by atomic mass is 19.4. The molecular formula is C18H20F3N. The number of unbranched alkanes of at least 4 members (excludes halogenated alkanes) is 1. The van der Waals surface area contributed by atoms with Crippen LogP contribution < -0.4 is 5.32 Å². The van der Waals surface area contributed by atoms with Crippen molar-refractivity contribution >= 4 is 5.69 Å².